The molecule has 0 radical (unpaired) electrons. The minimum atomic E-state index is -2.52. The summed E-state index contributed by atoms with van der Waals surface area (Å²) in [5.74, 6) is -0.408. The van der Waals surface area contributed by atoms with Gasteiger partial charge in [-0.05, 0) is 37.2 Å². The fraction of sp³-hybridized carbons (Fsp3) is 0.571. The summed E-state index contributed by atoms with van der Waals surface area (Å²) in [4.78, 5) is 1.38. The van der Waals surface area contributed by atoms with Crippen LogP contribution in [0.3, 0.4) is 0 Å². The first-order valence-corrected chi connectivity index (χ1v) is 6.66. The predicted molar refractivity (Wildman–Crippen MR) is 73.8 cm³/mol. The number of rotatable bonds is 8. The zero-order valence-electron chi connectivity index (χ0n) is 11.7. The van der Waals surface area contributed by atoms with E-state index < -0.39 is 18.8 Å². The summed E-state index contributed by atoms with van der Waals surface area (Å²) < 4.78 is 38.7. The number of halogens is 3. The topological polar surface area (TPSA) is 35.5 Å². The molecular weight excluding hydrogens is 269 g/mol. The zero-order valence-corrected chi connectivity index (χ0v) is 11.7. The predicted octanol–water partition coefficient (Wildman–Crippen LogP) is 2.56. The number of aliphatic hydroxyl groups is 1. The van der Waals surface area contributed by atoms with Crippen molar-refractivity contribution >= 4 is 5.69 Å². The Bertz CT molecular complexity index is 415. The average molecular weight is 290 g/mol. The quantitative estimate of drug-likeness (QED) is 0.772. The lowest BCUT2D eigenvalue weighted by molar-refractivity contribution is 0.152. The van der Waals surface area contributed by atoms with Crippen LogP contribution in [0.2, 0.25) is 0 Å². The number of hydrogen-bond acceptors (Lipinski definition) is 3. The van der Waals surface area contributed by atoms with Crippen LogP contribution in [0, 0.1) is 5.82 Å². The van der Waals surface area contributed by atoms with Crippen LogP contribution in [0.1, 0.15) is 25.5 Å². The highest BCUT2D eigenvalue weighted by atomic mass is 19.3. The number of nitrogens with one attached hydrogen (secondary N) is 1. The highest BCUT2D eigenvalue weighted by Gasteiger charge is 2.19. The molecule has 1 atom stereocenters. The van der Waals surface area contributed by atoms with E-state index in [1.54, 1.807) is 0 Å². The zero-order chi connectivity index (χ0) is 15.1. The summed E-state index contributed by atoms with van der Waals surface area (Å²) in [6.45, 7) is 3.81. The monoisotopic (exact) mass is 290 g/mol. The first-order chi connectivity index (χ1) is 9.49. The van der Waals surface area contributed by atoms with Gasteiger partial charge in [-0.1, -0.05) is 6.92 Å². The third-order valence-corrected chi connectivity index (χ3v) is 3.04. The lowest BCUT2D eigenvalue weighted by Crippen LogP contribution is -2.33. The molecule has 1 aromatic carbocycles. The van der Waals surface area contributed by atoms with Gasteiger partial charge in [0.25, 0.3) is 6.43 Å². The average Bonchev–Trinajstić information content (AvgIpc) is 2.38. The molecule has 0 aromatic heterocycles. The normalized spacial score (nSPS) is 12.8. The van der Waals surface area contributed by atoms with Gasteiger partial charge in [0.2, 0.25) is 0 Å². The molecule has 114 valence electrons. The van der Waals surface area contributed by atoms with Crippen LogP contribution in [0.15, 0.2) is 18.2 Å². The Morgan fingerprint density at radius 2 is 2.05 bits per heavy atom. The smallest absolute Gasteiger partial charge is 0.255 e. The molecule has 0 aliphatic heterocycles. The molecule has 0 spiro atoms. The number of benzene rings is 1. The lowest BCUT2D eigenvalue weighted by Gasteiger charge is -2.28. The largest absolute Gasteiger partial charge is 0.395 e. The van der Waals surface area contributed by atoms with Gasteiger partial charge in [0.05, 0.1) is 13.2 Å². The van der Waals surface area contributed by atoms with Gasteiger partial charge in [0, 0.05) is 18.3 Å². The summed E-state index contributed by atoms with van der Waals surface area (Å²) in [6.07, 6.45) is -2.52. The fourth-order valence-electron chi connectivity index (χ4n) is 2.17. The van der Waals surface area contributed by atoms with Crippen molar-refractivity contribution in [2.45, 2.75) is 26.3 Å². The maximum atomic E-state index is 13.4. The molecule has 20 heavy (non-hydrogen) atoms. The van der Waals surface area contributed by atoms with Crippen molar-refractivity contribution in [2.24, 2.45) is 0 Å². The van der Waals surface area contributed by atoms with E-state index in [1.807, 2.05) is 13.8 Å². The number of hydrogen-bond donors (Lipinski definition) is 2. The molecular formula is C14H21F3N2O. The molecule has 1 rings (SSSR count). The van der Waals surface area contributed by atoms with Crippen LogP contribution in [-0.2, 0) is 0 Å². The van der Waals surface area contributed by atoms with Crippen LogP contribution in [-0.4, -0.2) is 37.8 Å². The summed E-state index contributed by atoms with van der Waals surface area (Å²) in [7, 11) is 0. The highest BCUT2D eigenvalue weighted by molar-refractivity contribution is 5.55. The number of alkyl halides is 2. The van der Waals surface area contributed by atoms with Crippen molar-refractivity contribution in [1.29, 1.82) is 0 Å². The minimum absolute atomic E-state index is 0.0851. The van der Waals surface area contributed by atoms with Gasteiger partial charge < -0.3 is 15.3 Å². The number of anilines is 1. The molecule has 0 bridgehead atoms. The SMILES string of the molecule is CCNC(C)c1cc(F)ccc1N(CCO)CC(F)F. The van der Waals surface area contributed by atoms with Crippen LogP contribution in [0.4, 0.5) is 18.9 Å². The van der Waals surface area contributed by atoms with Crippen molar-refractivity contribution in [2.75, 3.05) is 31.1 Å². The first-order valence-electron chi connectivity index (χ1n) is 6.66. The lowest BCUT2D eigenvalue weighted by atomic mass is 10.0. The van der Waals surface area contributed by atoms with Gasteiger partial charge in [-0.25, -0.2) is 13.2 Å². The standard InChI is InChI=1S/C14H21F3N2O/c1-3-18-10(2)12-8-11(15)4-5-13(12)19(6-7-20)9-14(16)17/h4-5,8,10,14,18,20H,3,6-7,9H2,1-2H3. The molecule has 1 aromatic rings. The minimum Gasteiger partial charge on any atom is -0.395 e. The molecule has 0 aliphatic rings. The molecule has 2 N–H and O–H groups in total. The maximum absolute atomic E-state index is 13.4. The van der Waals surface area contributed by atoms with Crippen molar-refractivity contribution in [1.82, 2.24) is 5.32 Å². The molecule has 0 fully saturated rings. The van der Waals surface area contributed by atoms with Gasteiger partial charge in [-0.3, -0.25) is 0 Å². The van der Waals surface area contributed by atoms with Crippen LogP contribution < -0.4 is 10.2 Å². The molecule has 1 unspecified atom stereocenters. The van der Waals surface area contributed by atoms with Crippen LogP contribution in [0.5, 0.6) is 0 Å². The Kier molecular flexibility index (Phi) is 6.81. The van der Waals surface area contributed by atoms with Crippen molar-refractivity contribution in [3.8, 4) is 0 Å². The summed E-state index contributed by atoms with van der Waals surface area (Å²) in [5, 5.41) is 12.2. The molecule has 0 saturated carbocycles. The third kappa shape index (κ3) is 4.68. The second-order valence-electron chi connectivity index (χ2n) is 4.54. The second kappa shape index (κ2) is 8.11. The summed E-state index contributed by atoms with van der Waals surface area (Å²) in [5.41, 5.74) is 1.13. The molecule has 0 aliphatic carbocycles. The van der Waals surface area contributed by atoms with Crippen LogP contribution in [0.25, 0.3) is 0 Å². The third-order valence-electron chi connectivity index (χ3n) is 3.04. The van der Waals surface area contributed by atoms with Gasteiger partial charge >= 0.3 is 0 Å². The van der Waals surface area contributed by atoms with E-state index >= 15 is 0 Å². The van der Waals surface area contributed by atoms with E-state index in [2.05, 4.69) is 5.32 Å². The first kappa shape index (κ1) is 16.8. The van der Waals surface area contributed by atoms with E-state index in [0.717, 1.165) is 0 Å². The van der Waals surface area contributed by atoms with E-state index in [9.17, 15) is 13.2 Å². The van der Waals surface area contributed by atoms with E-state index in [0.29, 0.717) is 17.8 Å². The van der Waals surface area contributed by atoms with Crippen molar-refractivity contribution in [3.05, 3.63) is 29.6 Å². The van der Waals surface area contributed by atoms with Crippen molar-refractivity contribution in [3.63, 3.8) is 0 Å². The summed E-state index contributed by atoms with van der Waals surface area (Å²) >= 11 is 0. The maximum Gasteiger partial charge on any atom is 0.255 e. The van der Waals surface area contributed by atoms with Gasteiger partial charge in [0.15, 0.2) is 0 Å². The van der Waals surface area contributed by atoms with E-state index in [1.165, 1.54) is 23.1 Å². The van der Waals surface area contributed by atoms with Gasteiger partial charge in [-0.2, -0.15) is 0 Å². The Morgan fingerprint density at radius 3 is 2.60 bits per heavy atom. The van der Waals surface area contributed by atoms with Crippen molar-refractivity contribution < 1.29 is 18.3 Å². The molecule has 0 saturated heterocycles. The number of aliphatic hydroxyl groups excluding tert-OH is 1. The summed E-state index contributed by atoms with van der Waals surface area (Å²) in [6, 6.07) is 3.91. The van der Waals surface area contributed by atoms with E-state index in [4.69, 9.17) is 5.11 Å². The molecule has 3 nitrogen and oxygen atoms in total. The number of nitrogens with zero attached hydrogens (tertiary/aromatic N) is 1. The Morgan fingerprint density at radius 1 is 1.35 bits per heavy atom. The Balaban J connectivity index is 3.11. The van der Waals surface area contributed by atoms with Gasteiger partial charge in [0.1, 0.15) is 5.82 Å². The van der Waals surface area contributed by atoms with Crippen LogP contribution >= 0.6 is 0 Å². The Labute approximate surface area is 117 Å². The second-order valence-corrected chi connectivity index (χ2v) is 4.54. The highest BCUT2D eigenvalue weighted by Crippen LogP contribution is 2.27. The fourth-order valence-corrected chi connectivity index (χ4v) is 2.17. The molecule has 0 heterocycles. The Hall–Kier alpha value is -1.27. The van der Waals surface area contributed by atoms with E-state index in [-0.39, 0.29) is 19.2 Å². The van der Waals surface area contributed by atoms with Gasteiger partial charge in [-0.15, -0.1) is 0 Å². The molecule has 0 amide bonds. The molecule has 6 heteroatoms.